The molecule has 0 heterocycles. The van der Waals surface area contributed by atoms with Crippen LogP contribution in [0.3, 0.4) is 0 Å². The summed E-state index contributed by atoms with van der Waals surface area (Å²) in [6.07, 6.45) is 3.42. The standard InChI is InChI=1S/C11H12BrNO/c1-13(9-3-4-9)11-5-2-8(7-14)6-10(11)12/h2,5-7,9H,3-4H2,1H3. The normalized spacial score (nSPS) is 15.3. The van der Waals surface area contributed by atoms with Crippen molar-refractivity contribution < 1.29 is 4.79 Å². The van der Waals surface area contributed by atoms with Crippen molar-refractivity contribution in [3.05, 3.63) is 28.2 Å². The number of hydrogen-bond acceptors (Lipinski definition) is 2. The minimum Gasteiger partial charge on any atom is -0.371 e. The monoisotopic (exact) mass is 253 g/mol. The summed E-state index contributed by atoms with van der Waals surface area (Å²) in [5.41, 5.74) is 1.88. The van der Waals surface area contributed by atoms with E-state index < -0.39 is 0 Å². The highest BCUT2D eigenvalue weighted by Gasteiger charge is 2.27. The van der Waals surface area contributed by atoms with E-state index in [1.807, 2.05) is 18.2 Å². The topological polar surface area (TPSA) is 20.3 Å². The Hall–Kier alpha value is -0.830. The summed E-state index contributed by atoms with van der Waals surface area (Å²) in [4.78, 5) is 12.8. The van der Waals surface area contributed by atoms with Gasteiger partial charge in [-0.15, -0.1) is 0 Å². The van der Waals surface area contributed by atoms with Crippen LogP contribution in [0.15, 0.2) is 22.7 Å². The number of halogens is 1. The molecule has 74 valence electrons. The number of rotatable bonds is 3. The van der Waals surface area contributed by atoms with Crippen LogP contribution in [0.4, 0.5) is 5.69 Å². The minimum atomic E-state index is 0.688. The van der Waals surface area contributed by atoms with Crippen LogP contribution in [0, 0.1) is 0 Å². The molecule has 0 aromatic heterocycles. The SMILES string of the molecule is CN(c1ccc(C=O)cc1Br)C1CC1. The minimum absolute atomic E-state index is 0.688. The van der Waals surface area contributed by atoms with Gasteiger partial charge >= 0.3 is 0 Å². The number of hydrogen-bond donors (Lipinski definition) is 0. The van der Waals surface area contributed by atoms with Crippen molar-refractivity contribution in [2.75, 3.05) is 11.9 Å². The Morgan fingerprint density at radius 1 is 1.50 bits per heavy atom. The first kappa shape index (κ1) is 9.71. The van der Waals surface area contributed by atoms with Crippen LogP contribution in [-0.4, -0.2) is 19.4 Å². The average Bonchev–Trinajstić information content (AvgIpc) is 3.00. The Labute approximate surface area is 92.0 Å². The summed E-state index contributed by atoms with van der Waals surface area (Å²) in [6, 6.07) is 6.40. The first-order chi connectivity index (χ1) is 6.72. The largest absolute Gasteiger partial charge is 0.371 e. The summed E-state index contributed by atoms with van der Waals surface area (Å²) in [6.45, 7) is 0. The van der Waals surface area contributed by atoms with Gasteiger partial charge in [0, 0.05) is 23.1 Å². The van der Waals surface area contributed by atoms with Gasteiger partial charge in [-0.25, -0.2) is 0 Å². The second kappa shape index (κ2) is 3.73. The summed E-state index contributed by atoms with van der Waals surface area (Å²) in [5.74, 6) is 0. The van der Waals surface area contributed by atoms with Crippen molar-refractivity contribution in [3.63, 3.8) is 0 Å². The van der Waals surface area contributed by atoms with Gasteiger partial charge in [-0.2, -0.15) is 0 Å². The van der Waals surface area contributed by atoms with Crippen LogP contribution in [0.25, 0.3) is 0 Å². The fraction of sp³-hybridized carbons (Fsp3) is 0.364. The summed E-state index contributed by atoms with van der Waals surface area (Å²) < 4.78 is 0.997. The van der Waals surface area contributed by atoms with E-state index in [1.165, 1.54) is 12.8 Å². The molecule has 0 bridgehead atoms. The fourth-order valence-electron chi connectivity index (χ4n) is 1.54. The lowest BCUT2D eigenvalue weighted by Crippen LogP contribution is -2.19. The van der Waals surface area contributed by atoms with Gasteiger partial charge in [-0.05, 0) is 47.0 Å². The quantitative estimate of drug-likeness (QED) is 0.773. The van der Waals surface area contributed by atoms with Crippen molar-refractivity contribution in [1.29, 1.82) is 0 Å². The lowest BCUT2D eigenvalue weighted by molar-refractivity contribution is 0.112. The van der Waals surface area contributed by atoms with E-state index in [2.05, 4.69) is 27.9 Å². The van der Waals surface area contributed by atoms with Gasteiger partial charge in [0.05, 0.1) is 5.69 Å². The number of carbonyl (C=O) groups excluding carboxylic acids is 1. The third-order valence-corrected chi connectivity index (χ3v) is 3.22. The average molecular weight is 254 g/mol. The zero-order chi connectivity index (χ0) is 10.1. The zero-order valence-corrected chi connectivity index (χ0v) is 9.62. The molecule has 1 saturated carbocycles. The maximum atomic E-state index is 10.6. The van der Waals surface area contributed by atoms with Crippen molar-refractivity contribution in [1.82, 2.24) is 0 Å². The molecule has 3 heteroatoms. The fourth-order valence-corrected chi connectivity index (χ4v) is 2.22. The van der Waals surface area contributed by atoms with E-state index in [4.69, 9.17) is 0 Å². The third-order valence-electron chi connectivity index (χ3n) is 2.58. The predicted octanol–water partition coefficient (Wildman–Crippen LogP) is 2.86. The number of carbonyl (C=O) groups is 1. The van der Waals surface area contributed by atoms with E-state index >= 15 is 0 Å². The molecule has 0 amide bonds. The van der Waals surface area contributed by atoms with Crippen molar-refractivity contribution in [2.24, 2.45) is 0 Å². The van der Waals surface area contributed by atoms with Gasteiger partial charge in [0.25, 0.3) is 0 Å². The molecule has 2 rings (SSSR count). The Bertz CT molecular complexity index is 360. The molecule has 0 spiro atoms. The van der Waals surface area contributed by atoms with Gasteiger partial charge < -0.3 is 4.90 Å². The molecule has 2 nitrogen and oxygen atoms in total. The maximum Gasteiger partial charge on any atom is 0.150 e. The van der Waals surface area contributed by atoms with Crippen LogP contribution in [0.1, 0.15) is 23.2 Å². The molecule has 0 aliphatic heterocycles. The van der Waals surface area contributed by atoms with E-state index in [-0.39, 0.29) is 0 Å². The predicted molar refractivity (Wildman–Crippen MR) is 61.0 cm³/mol. The van der Waals surface area contributed by atoms with Gasteiger partial charge in [0.1, 0.15) is 6.29 Å². The van der Waals surface area contributed by atoms with Crippen LogP contribution in [0.5, 0.6) is 0 Å². The Morgan fingerprint density at radius 2 is 2.21 bits per heavy atom. The smallest absolute Gasteiger partial charge is 0.150 e. The van der Waals surface area contributed by atoms with Gasteiger partial charge in [0.15, 0.2) is 0 Å². The molecular formula is C11H12BrNO. The van der Waals surface area contributed by atoms with Crippen molar-refractivity contribution in [2.45, 2.75) is 18.9 Å². The van der Waals surface area contributed by atoms with Gasteiger partial charge in [-0.3, -0.25) is 4.79 Å². The Morgan fingerprint density at radius 3 is 2.71 bits per heavy atom. The molecule has 0 N–H and O–H groups in total. The first-order valence-electron chi connectivity index (χ1n) is 4.70. The highest BCUT2D eigenvalue weighted by atomic mass is 79.9. The maximum absolute atomic E-state index is 10.6. The molecule has 1 aromatic carbocycles. The lowest BCUT2D eigenvalue weighted by Gasteiger charge is -2.20. The molecule has 14 heavy (non-hydrogen) atoms. The second-order valence-electron chi connectivity index (χ2n) is 3.67. The van der Waals surface area contributed by atoms with Gasteiger partial charge in [-0.1, -0.05) is 0 Å². The number of anilines is 1. The van der Waals surface area contributed by atoms with E-state index in [0.717, 1.165) is 16.4 Å². The highest BCUT2D eigenvalue weighted by molar-refractivity contribution is 9.10. The van der Waals surface area contributed by atoms with Crippen LogP contribution in [-0.2, 0) is 0 Å². The molecule has 1 fully saturated rings. The molecule has 0 atom stereocenters. The van der Waals surface area contributed by atoms with E-state index in [0.29, 0.717) is 11.6 Å². The molecular weight excluding hydrogens is 242 g/mol. The highest BCUT2D eigenvalue weighted by Crippen LogP contribution is 2.34. The Balaban J connectivity index is 2.28. The number of nitrogens with zero attached hydrogens (tertiary/aromatic N) is 1. The van der Waals surface area contributed by atoms with Gasteiger partial charge in [0.2, 0.25) is 0 Å². The van der Waals surface area contributed by atoms with Crippen molar-refractivity contribution >= 4 is 27.9 Å². The summed E-state index contributed by atoms with van der Waals surface area (Å²) >= 11 is 3.48. The lowest BCUT2D eigenvalue weighted by atomic mass is 10.2. The van der Waals surface area contributed by atoms with Crippen LogP contribution < -0.4 is 4.90 Å². The molecule has 0 unspecified atom stereocenters. The van der Waals surface area contributed by atoms with Crippen LogP contribution >= 0.6 is 15.9 Å². The number of benzene rings is 1. The molecule has 1 aliphatic rings. The number of aldehydes is 1. The molecule has 1 aliphatic carbocycles. The van der Waals surface area contributed by atoms with E-state index in [9.17, 15) is 4.79 Å². The molecule has 0 saturated heterocycles. The van der Waals surface area contributed by atoms with Crippen LogP contribution in [0.2, 0.25) is 0 Å². The summed E-state index contributed by atoms with van der Waals surface area (Å²) in [7, 11) is 2.10. The van der Waals surface area contributed by atoms with E-state index in [1.54, 1.807) is 0 Å². The zero-order valence-electron chi connectivity index (χ0n) is 8.03. The first-order valence-corrected chi connectivity index (χ1v) is 5.49. The Kier molecular flexibility index (Phi) is 2.59. The second-order valence-corrected chi connectivity index (χ2v) is 4.53. The molecule has 0 radical (unpaired) electrons. The molecule has 1 aromatic rings. The third kappa shape index (κ3) is 1.82. The summed E-state index contributed by atoms with van der Waals surface area (Å²) in [5, 5.41) is 0. The van der Waals surface area contributed by atoms with Crippen molar-refractivity contribution in [3.8, 4) is 0 Å².